The van der Waals surface area contributed by atoms with Crippen molar-refractivity contribution in [3.8, 4) is 5.19 Å². The van der Waals surface area contributed by atoms with Gasteiger partial charge in [0.15, 0.2) is 6.10 Å². The van der Waals surface area contributed by atoms with Crippen LogP contribution in [0, 0.1) is 0 Å². The van der Waals surface area contributed by atoms with Gasteiger partial charge in [-0.25, -0.2) is 0 Å². The summed E-state index contributed by atoms with van der Waals surface area (Å²) in [6.07, 6.45) is -9.43. The maximum absolute atomic E-state index is 13.3. The zero-order valence-electron chi connectivity index (χ0n) is 13.3. The van der Waals surface area contributed by atoms with E-state index in [0.29, 0.717) is 11.3 Å². The molecule has 2 aromatic rings. The van der Waals surface area contributed by atoms with Gasteiger partial charge in [0.05, 0.1) is 5.56 Å². The number of nitrogens with one attached hydrogen (secondary N) is 1. The Morgan fingerprint density at radius 2 is 1.92 bits per heavy atom. The molecule has 1 amide bonds. The summed E-state index contributed by atoms with van der Waals surface area (Å²) in [4.78, 5) is 12.0. The van der Waals surface area contributed by atoms with E-state index in [2.05, 4.69) is 20.3 Å². The summed E-state index contributed by atoms with van der Waals surface area (Å²) in [5.74, 6) is -0.792. The molecule has 1 aromatic heterocycles. The number of ether oxygens (including phenoxy) is 2. The summed E-state index contributed by atoms with van der Waals surface area (Å²) in [5.41, 5.74) is -1.02. The molecule has 6 nitrogen and oxygen atoms in total. The number of nitrogens with zero attached hydrogens (tertiary/aromatic N) is 2. The predicted octanol–water partition coefficient (Wildman–Crippen LogP) is 3.66. The molecule has 1 N–H and O–H groups in total. The second kappa shape index (κ2) is 7.50. The molecule has 142 valence electrons. The van der Waals surface area contributed by atoms with Gasteiger partial charge in [-0.1, -0.05) is 22.5 Å². The number of hydrogen-bond acceptors (Lipinski definition) is 6. The third-order valence-electron chi connectivity index (χ3n) is 3.02. The zero-order chi connectivity index (χ0) is 19.5. The summed E-state index contributed by atoms with van der Waals surface area (Å²) >= 11 is 0.374. The number of amides is 1. The second-order valence-electron chi connectivity index (χ2n) is 4.92. The van der Waals surface area contributed by atoms with E-state index in [4.69, 9.17) is 4.74 Å². The molecule has 12 heteroatoms. The fourth-order valence-electron chi connectivity index (χ4n) is 1.68. The van der Waals surface area contributed by atoms with Gasteiger partial charge in [-0.3, -0.25) is 4.79 Å². The molecule has 2 rings (SSSR count). The van der Waals surface area contributed by atoms with Gasteiger partial charge in [0.1, 0.15) is 0 Å². The van der Waals surface area contributed by atoms with E-state index in [1.54, 1.807) is 0 Å². The highest BCUT2D eigenvalue weighted by molar-refractivity contribution is 7.13. The van der Waals surface area contributed by atoms with Crippen LogP contribution in [0.5, 0.6) is 5.19 Å². The first-order valence-corrected chi connectivity index (χ1v) is 7.76. The Kier molecular flexibility index (Phi) is 5.76. The third-order valence-corrected chi connectivity index (χ3v) is 3.88. The minimum atomic E-state index is -4.56. The number of rotatable bonds is 6. The van der Waals surface area contributed by atoms with Crippen LogP contribution in [0.25, 0.3) is 0 Å². The van der Waals surface area contributed by atoms with Crippen molar-refractivity contribution in [1.82, 2.24) is 10.2 Å². The minimum absolute atomic E-state index is 0.0934. The van der Waals surface area contributed by atoms with Crippen LogP contribution in [0.3, 0.4) is 0 Å². The Balaban J connectivity index is 2.02. The first-order chi connectivity index (χ1) is 12.0. The molecule has 1 atom stereocenters. The number of carbonyl (C=O) groups is 1. The number of anilines is 1. The maximum Gasteiger partial charge on any atom is 0.416 e. The molecular weight excluding hydrogens is 385 g/mol. The van der Waals surface area contributed by atoms with Gasteiger partial charge in [0, 0.05) is 12.8 Å². The van der Waals surface area contributed by atoms with E-state index in [1.807, 2.05) is 0 Å². The summed E-state index contributed by atoms with van der Waals surface area (Å²) in [6.45, 7) is 1.28. The molecule has 0 bridgehead atoms. The molecule has 0 radical (unpaired) electrons. The summed E-state index contributed by atoms with van der Waals surface area (Å²) < 4.78 is 73.6. The van der Waals surface area contributed by atoms with Gasteiger partial charge >= 0.3 is 12.3 Å². The van der Waals surface area contributed by atoms with Crippen LogP contribution in [0.4, 0.5) is 27.6 Å². The van der Waals surface area contributed by atoms with Gasteiger partial charge in [-0.15, -0.1) is 5.10 Å². The van der Waals surface area contributed by atoms with Crippen LogP contribution < -0.4 is 10.1 Å². The normalized spacial score (nSPS) is 13.3. The zero-order valence-corrected chi connectivity index (χ0v) is 14.1. The summed E-state index contributed by atoms with van der Waals surface area (Å²) in [7, 11) is 0.785. The van der Waals surface area contributed by atoms with Gasteiger partial charge in [0.2, 0.25) is 5.01 Å². The van der Waals surface area contributed by atoms with E-state index in [1.165, 1.54) is 13.0 Å². The number of hydrogen-bond donors (Lipinski definition) is 1. The third kappa shape index (κ3) is 4.85. The molecule has 1 aromatic carbocycles. The van der Waals surface area contributed by atoms with Crippen molar-refractivity contribution in [2.24, 2.45) is 0 Å². The predicted molar refractivity (Wildman–Crippen MR) is 81.0 cm³/mol. The average Bonchev–Trinajstić information content (AvgIpc) is 3.03. The van der Waals surface area contributed by atoms with Crippen LogP contribution >= 0.6 is 11.3 Å². The smallest absolute Gasteiger partial charge is 0.416 e. The van der Waals surface area contributed by atoms with Crippen molar-refractivity contribution in [2.45, 2.75) is 25.3 Å². The van der Waals surface area contributed by atoms with Crippen molar-refractivity contribution in [3.05, 3.63) is 34.8 Å². The topological polar surface area (TPSA) is 73.3 Å². The van der Waals surface area contributed by atoms with E-state index in [-0.39, 0.29) is 10.9 Å². The molecule has 1 heterocycles. The van der Waals surface area contributed by atoms with Gasteiger partial charge in [-0.2, -0.15) is 22.0 Å². The summed E-state index contributed by atoms with van der Waals surface area (Å²) in [6, 6.07) is 4.01. The number of methoxy groups -OCH3 is 1. The molecule has 0 aliphatic heterocycles. The molecule has 0 saturated carbocycles. The second-order valence-corrected chi connectivity index (χ2v) is 5.86. The van der Waals surface area contributed by atoms with Crippen LogP contribution in [0.15, 0.2) is 24.3 Å². The largest absolute Gasteiger partial charge is 0.456 e. The molecule has 0 fully saturated rings. The van der Waals surface area contributed by atoms with Crippen LogP contribution in [0.1, 0.15) is 17.5 Å². The molecule has 26 heavy (non-hydrogen) atoms. The Labute approximate surface area is 147 Å². The van der Waals surface area contributed by atoms with Crippen LogP contribution in [0.2, 0.25) is 0 Å². The van der Waals surface area contributed by atoms with Crippen molar-refractivity contribution < 1.29 is 36.2 Å². The van der Waals surface area contributed by atoms with Crippen molar-refractivity contribution in [2.75, 3.05) is 12.4 Å². The number of carbonyl (C=O) groups excluding carboxylic acids is 1. The van der Waals surface area contributed by atoms with Gasteiger partial charge in [0.25, 0.3) is 11.1 Å². The highest BCUT2D eigenvalue weighted by Gasteiger charge is 2.37. The Bertz CT molecular complexity index is 781. The van der Waals surface area contributed by atoms with Crippen LogP contribution in [-0.2, 0) is 21.8 Å². The Hall–Kier alpha value is -2.34. The quantitative estimate of drug-likeness (QED) is 0.754. The fraction of sp³-hybridized carbons (Fsp3) is 0.357. The number of halogens is 5. The lowest BCUT2D eigenvalue weighted by Gasteiger charge is -2.13. The van der Waals surface area contributed by atoms with Crippen LogP contribution in [-0.4, -0.2) is 29.3 Å². The number of alkyl halides is 5. The Morgan fingerprint density at radius 3 is 2.54 bits per heavy atom. The summed E-state index contributed by atoms with van der Waals surface area (Å²) in [5, 5.41) is 7.73. The van der Waals surface area contributed by atoms with Crippen molar-refractivity contribution in [3.63, 3.8) is 0 Å². The monoisotopic (exact) mass is 397 g/mol. The first kappa shape index (κ1) is 20.0. The highest BCUT2D eigenvalue weighted by atomic mass is 32.1. The SMILES string of the molecule is COC(F)(F)c1nnc(OC(C)C(=O)Nc2cccc(C(F)(F)F)c2)s1. The highest BCUT2D eigenvalue weighted by Crippen LogP contribution is 2.34. The molecule has 0 aliphatic rings. The van der Waals surface area contributed by atoms with E-state index in [0.717, 1.165) is 25.3 Å². The maximum atomic E-state index is 13.3. The lowest BCUT2D eigenvalue weighted by molar-refractivity contribution is -0.231. The first-order valence-electron chi connectivity index (χ1n) is 6.94. The van der Waals surface area contributed by atoms with E-state index >= 15 is 0 Å². The van der Waals surface area contributed by atoms with Gasteiger partial charge < -0.3 is 14.8 Å². The lowest BCUT2D eigenvalue weighted by atomic mass is 10.2. The number of aromatic nitrogens is 2. The van der Waals surface area contributed by atoms with Gasteiger partial charge in [-0.05, 0) is 25.1 Å². The molecular formula is C14H12F5N3O3S. The van der Waals surface area contributed by atoms with E-state index in [9.17, 15) is 26.7 Å². The van der Waals surface area contributed by atoms with Crippen molar-refractivity contribution >= 4 is 22.9 Å². The number of benzene rings is 1. The molecule has 0 aliphatic carbocycles. The molecule has 1 unspecified atom stereocenters. The Morgan fingerprint density at radius 1 is 1.23 bits per heavy atom. The van der Waals surface area contributed by atoms with Crippen molar-refractivity contribution in [1.29, 1.82) is 0 Å². The fourth-order valence-corrected chi connectivity index (χ4v) is 2.41. The molecule has 0 saturated heterocycles. The molecule has 0 spiro atoms. The lowest BCUT2D eigenvalue weighted by Crippen LogP contribution is -2.30. The minimum Gasteiger partial charge on any atom is -0.456 e. The van der Waals surface area contributed by atoms with E-state index < -0.39 is 34.9 Å². The standard InChI is InChI=1S/C14H12F5N3O3S/c1-7(25-12-22-21-11(26-12)14(18,19)24-2)10(23)20-9-5-3-4-8(6-9)13(15,16)17/h3-7H,1-2H3,(H,20,23). The average molecular weight is 397 g/mol.